The molecule has 2 aromatic rings. The fraction of sp³-hybridized carbons (Fsp3) is 0.474. The number of nitrogen functional groups attached to an aromatic ring is 1. The molecule has 1 fully saturated rings. The zero-order valence-corrected chi connectivity index (χ0v) is 15.5. The van der Waals surface area contributed by atoms with Crippen LogP contribution in [0.1, 0.15) is 25.3 Å². The average molecular weight is 356 g/mol. The van der Waals surface area contributed by atoms with E-state index in [0.29, 0.717) is 23.2 Å². The van der Waals surface area contributed by atoms with Crippen LogP contribution >= 0.6 is 0 Å². The summed E-state index contributed by atoms with van der Waals surface area (Å²) in [7, 11) is 0. The fourth-order valence-corrected chi connectivity index (χ4v) is 2.88. The molecule has 0 spiro atoms. The van der Waals surface area contributed by atoms with Crippen LogP contribution in [0.5, 0.6) is 0 Å². The molecule has 0 bridgehead atoms. The molecule has 3 rings (SSSR count). The van der Waals surface area contributed by atoms with Crippen LogP contribution in [0, 0.1) is 0 Å². The lowest BCUT2D eigenvalue weighted by molar-refractivity contribution is 0.0398. The molecule has 0 radical (unpaired) electrons. The average Bonchev–Trinajstić information content (AvgIpc) is 2.66. The molecular weight excluding hydrogens is 328 g/mol. The first-order chi connectivity index (χ1) is 12.6. The van der Waals surface area contributed by atoms with Crippen molar-refractivity contribution in [3.05, 3.63) is 36.2 Å². The second kappa shape index (κ2) is 8.82. The Morgan fingerprint density at radius 1 is 1.12 bits per heavy atom. The third-order valence-corrected chi connectivity index (χ3v) is 4.55. The van der Waals surface area contributed by atoms with E-state index in [1.165, 1.54) is 11.9 Å². The van der Waals surface area contributed by atoms with Crippen LogP contribution in [-0.4, -0.2) is 54.3 Å². The highest BCUT2D eigenvalue weighted by Gasteiger charge is 2.11. The molecule has 1 aliphatic rings. The topological polar surface area (TPSA) is 88.3 Å². The summed E-state index contributed by atoms with van der Waals surface area (Å²) in [5.41, 5.74) is 9.03. The normalized spacial score (nSPS) is 15.2. The van der Waals surface area contributed by atoms with Crippen molar-refractivity contribution in [3.8, 4) is 0 Å². The summed E-state index contributed by atoms with van der Waals surface area (Å²) in [6.45, 7) is 9.63. The second-order valence-electron chi connectivity index (χ2n) is 6.77. The maximum Gasteiger partial charge on any atom is 0.159 e. The molecule has 2 heterocycles. The number of nitrogens with one attached hydrogen (secondary N) is 2. The van der Waals surface area contributed by atoms with Crippen LogP contribution < -0.4 is 16.4 Å². The Labute approximate surface area is 155 Å². The number of hydrogen-bond acceptors (Lipinski definition) is 7. The number of morpholine rings is 1. The van der Waals surface area contributed by atoms with Gasteiger partial charge >= 0.3 is 0 Å². The summed E-state index contributed by atoms with van der Waals surface area (Å²) >= 11 is 0. The van der Waals surface area contributed by atoms with E-state index in [0.717, 1.165) is 45.1 Å². The van der Waals surface area contributed by atoms with Gasteiger partial charge < -0.3 is 21.1 Å². The first-order valence-corrected chi connectivity index (χ1v) is 9.15. The van der Waals surface area contributed by atoms with Gasteiger partial charge in [0.25, 0.3) is 0 Å². The molecule has 0 atom stereocenters. The summed E-state index contributed by atoms with van der Waals surface area (Å²) in [5, 5.41) is 6.59. The zero-order valence-electron chi connectivity index (χ0n) is 15.5. The van der Waals surface area contributed by atoms with E-state index in [9.17, 15) is 0 Å². The summed E-state index contributed by atoms with van der Waals surface area (Å²) < 4.78 is 5.37. The molecule has 1 aliphatic heterocycles. The summed E-state index contributed by atoms with van der Waals surface area (Å²) in [6.07, 6.45) is 1.53. The van der Waals surface area contributed by atoms with E-state index in [4.69, 9.17) is 10.5 Å². The molecule has 4 N–H and O–H groups in total. The molecule has 140 valence electrons. The Hall–Kier alpha value is -2.38. The van der Waals surface area contributed by atoms with Crippen LogP contribution in [0.2, 0.25) is 0 Å². The Morgan fingerprint density at radius 3 is 2.50 bits per heavy atom. The van der Waals surface area contributed by atoms with Gasteiger partial charge in [0.15, 0.2) is 11.6 Å². The van der Waals surface area contributed by atoms with Crippen molar-refractivity contribution >= 4 is 23.0 Å². The number of benzene rings is 1. The molecule has 0 saturated carbocycles. The first-order valence-electron chi connectivity index (χ1n) is 9.15. The van der Waals surface area contributed by atoms with Crippen molar-refractivity contribution in [2.45, 2.75) is 19.8 Å². The Balaban J connectivity index is 1.59. The van der Waals surface area contributed by atoms with Gasteiger partial charge in [0, 0.05) is 31.9 Å². The number of nitrogens with zero attached hydrogens (tertiary/aromatic N) is 3. The first kappa shape index (κ1) is 18.4. The smallest absolute Gasteiger partial charge is 0.159 e. The van der Waals surface area contributed by atoms with Crippen molar-refractivity contribution in [3.63, 3.8) is 0 Å². The summed E-state index contributed by atoms with van der Waals surface area (Å²) in [6, 6.07) is 8.32. The van der Waals surface area contributed by atoms with E-state index < -0.39 is 0 Å². The fourth-order valence-electron chi connectivity index (χ4n) is 2.88. The molecule has 1 aromatic heterocycles. The van der Waals surface area contributed by atoms with E-state index in [-0.39, 0.29) is 0 Å². The van der Waals surface area contributed by atoms with Crippen LogP contribution in [0.15, 0.2) is 30.6 Å². The van der Waals surface area contributed by atoms with Gasteiger partial charge in [-0.25, -0.2) is 9.97 Å². The van der Waals surface area contributed by atoms with Crippen molar-refractivity contribution in [2.24, 2.45) is 0 Å². The number of aromatic nitrogens is 2. The Morgan fingerprint density at radius 2 is 1.81 bits per heavy atom. The van der Waals surface area contributed by atoms with Crippen LogP contribution in [0.4, 0.5) is 23.0 Å². The monoisotopic (exact) mass is 356 g/mol. The van der Waals surface area contributed by atoms with Gasteiger partial charge in [-0.15, -0.1) is 0 Å². The van der Waals surface area contributed by atoms with Crippen LogP contribution in [0.3, 0.4) is 0 Å². The molecule has 26 heavy (non-hydrogen) atoms. The highest BCUT2D eigenvalue weighted by atomic mass is 16.5. The van der Waals surface area contributed by atoms with Gasteiger partial charge in [-0.3, -0.25) is 4.90 Å². The number of rotatable bonds is 7. The number of hydrogen-bond donors (Lipinski definition) is 3. The summed E-state index contributed by atoms with van der Waals surface area (Å²) in [5.74, 6) is 1.79. The third kappa shape index (κ3) is 4.83. The Kier molecular flexibility index (Phi) is 6.25. The second-order valence-corrected chi connectivity index (χ2v) is 6.77. The van der Waals surface area contributed by atoms with Gasteiger partial charge in [-0.1, -0.05) is 26.0 Å². The lowest BCUT2D eigenvalue weighted by atomic mass is 10.0. The molecule has 7 nitrogen and oxygen atoms in total. The number of anilines is 4. The molecule has 1 saturated heterocycles. The molecular formula is C19H28N6O. The maximum atomic E-state index is 6.24. The molecule has 1 aromatic carbocycles. The van der Waals surface area contributed by atoms with E-state index in [1.807, 2.05) is 12.1 Å². The third-order valence-electron chi connectivity index (χ3n) is 4.55. The van der Waals surface area contributed by atoms with Crippen LogP contribution in [0.25, 0.3) is 0 Å². The molecule has 0 unspecified atom stereocenters. The number of nitrogens with two attached hydrogens (primary N) is 1. The highest BCUT2D eigenvalue weighted by Crippen LogP contribution is 2.26. The predicted molar refractivity (Wildman–Crippen MR) is 106 cm³/mol. The van der Waals surface area contributed by atoms with Gasteiger partial charge in [-0.2, -0.15) is 0 Å². The predicted octanol–water partition coefficient (Wildman–Crippen LogP) is 2.67. The van der Waals surface area contributed by atoms with Gasteiger partial charge in [0.05, 0.1) is 13.2 Å². The zero-order chi connectivity index (χ0) is 18.4. The Bertz CT molecular complexity index is 698. The van der Waals surface area contributed by atoms with Gasteiger partial charge in [0.1, 0.15) is 12.0 Å². The van der Waals surface area contributed by atoms with E-state index in [1.54, 1.807) is 0 Å². The van der Waals surface area contributed by atoms with Crippen molar-refractivity contribution in [1.29, 1.82) is 0 Å². The maximum absolute atomic E-state index is 6.24. The molecule has 7 heteroatoms. The minimum atomic E-state index is 0.510. The lowest BCUT2D eigenvalue weighted by Crippen LogP contribution is -2.39. The molecule has 0 amide bonds. The van der Waals surface area contributed by atoms with Crippen molar-refractivity contribution < 1.29 is 4.74 Å². The van der Waals surface area contributed by atoms with E-state index >= 15 is 0 Å². The quantitative estimate of drug-likeness (QED) is 0.703. The van der Waals surface area contributed by atoms with E-state index in [2.05, 4.69) is 51.5 Å². The van der Waals surface area contributed by atoms with Crippen LogP contribution in [-0.2, 0) is 4.74 Å². The van der Waals surface area contributed by atoms with Gasteiger partial charge in [-0.05, 0) is 23.6 Å². The van der Waals surface area contributed by atoms with Crippen molar-refractivity contribution in [1.82, 2.24) is 14.9 Å². The highest BCUT2D eigenvalue weighted by molar-refractivity contribution is 5.77. The minimum absolute atomic E-state index is 0.510. The minimum Gasteiger partial charge on any atom is -0.393 e. The van der Waals surface area contributed by atoms with Gasteiger partial charge in [0.2, 0.25) is 0 Å². The number of ether oxygens (including phenoxy) is 1. The molecule has 0 aliphatic carbocycles. The SMILES string of the molecule is CC(C)c1ccc(Nc2ncnc(NCCN3CCOCC3)c2N)cc1. The lowest BCUT2D eigenvalue weighted by Gasteiger charge is -2.26. The summed E-state index contributed by atoms with van der Waals surface area (Å²) in [4.78, 5) is 10.9. The van der Waals surface area contributed by atoms with Crippen molar-refractivity contribution in [2.75, 3.05) is 55.8 Å². The largest absolute Gasteiger partial charge is 0.393 e. The standard InChI is InChI=1S/C19H28N6O/c1-14(2)15-3-5-16(6-4-15)24-19-17(20)18(22-13-23-19)21-7-8-25-9-11-26-12-10-25/h3-6,13-14H,7-12,20H2,1-2H3,(H2,21,22,23,24).